The number of hydrogen-bond acceptors (Lipinski definition) is 4. The molecule has 0 spiro atoms. The predicted octanol–water partition coefficient (Wildman–Crippen LogP) is 2.35. The van der Waals surface area contributed by atoms with Crippen LogP contribution in [-0.2, 0) is 6.54 Å². The summed E-state index contributed by atoms with van der Waals surface area (Å²) in [4.78, 5) is 10.2. The lowest BCUT2D eigenvalue weighted by Crippen LogP contribution is -2.17. The molecule has 0 saturated carbocycles. The van der Waals surface area contributed by atoms with Gasteiger partial charge in [-0.2, -0.15) is 0 Å². The molecule has 2 aromatic rings. The molecule has 0 radical (unpaired) electrons. The number of aromatic nitrogens is 2. The Hall–Kier alpha value is -1.81. The Kier molecular flexibility index (Phi) is 3.44. The first kappa shape index (κ1) is 11.7. The highest BCUT2D eigenvalue weighted by Gasteiger charge is 2.05. The molecule has 0 fully saturated rings. The molecule has 0 aromatic carbocycles. The van der Waals surface area contributed by atoms with Crippen molar-refractivity contribution in [3.63, 3.8) is 0 Å². The Morgan fingerprint density at radius 3 is 2.65 bits per heavy atom. The van der Waals surface area contributed by atoms with Gasteiger partial charge in [-0.25, -0.2) is 4.98 Å². The number of pyridine rings is 2. The highest BCUT2D eigenvalue weighted by molar-refractivity contribution is 6.29. The fourth-order valence-electron chi connectivity index (χ4n) is 1.54. The first-order chi connectivity index (χ1) is 8.15. The molecule has 2 rings (SSSR count). The molecule has 88 valence electrons. The van der Waals surface area contributed by atoms with Crippen molar-refractivity contribution in [2.24, 2.45) is 0 Å². The molecule has 0 saturated heterocycles. The van der Waals surface area contributed by atoms with Crippen LogP contribution in [0.5, 0.6) is 0 Å². The quantitative estimate of drug-likeness (QED) is 0.848. The van der Waals surface area contributed by atoms with Gasteiger partial charge in [-0.15, -0.1) is 0 Å². The molecular formula is C12H13ClN4. The molecule has 0 aliphatic heterocycles. The molecule has 2 N–H and O–H groups in total. The number of anilines is 2. The second kappa shape index (κ2) is 5.01. The van der Waals surface area contributed by atoms with Gasteiger partial charge < -0.3 is 10.6 Å². The van der Waals surface area contributed by atoms with Crippen molar-refractivity contribution >= 4 is 23.1 Å². The van der Waals surface area contributed by atoms with Gasteiger partial charge in [0.1, 0.15) is 11.0 Å². The predicted molar refractivity (Wildman–Crippen MR) is 70.0 cm³/mol. The maximum atomic E-state index is 5.87. The van der Waals surface area contributed by atoms with Crippen LogP contribution in [-0.4, -0.2) is 17.0 Å². The normalized spacial score (nSPS) is 10.2. The number of halogens is 1. The van der Waals surface area contributed by atoms with E-state index in [0.717, 1.165) is 17.9 Å². The third-order valence-electron chi connectivity index (χ3n) is 2.36. The molecule has 0 unspecified atom stereocenters. The van der Waals surface area contributed by atoms with E-state index in [9.17, 15) is 0 Å². The SMILES string of the molecule is CN(Cc1ccncc1)c1cc(N)cc(Cl)n1. The molecular weight excluding hydrogens is 236 g/mol. The summed E-state index contributed by atoms with van der Waals surface area (Å²) < 4.78 is 0. The zero-order valence-electron chi connectivity index (χ0n) is 9.47. The van der Waals surface area contributed by atoms with E-state index in [2.05, 4.69) is 9.97 Å². The lowest BCUT2D eigenvalue weighted by molar-refractivity contribution is 0.896. The molecule has 0 aliphatic carbocycles. The Morgan fingerprint density at radius 1 is 1.29 bits per heavy atom. The summed E-state index contributed by atoms with van der Waals surface area (Å²) in [5, 5.41) is 0.404. The average molecular weight is 249 g/mol. The summed E-state index contributed by atoms with van der Waals surface area (Å²) >= 11 is 5.87. The standard InChI is InChI=1S/C12H13ClN4/c1-17(8-9-2-4-15-5-3-9)12-7-10(14)6-11(13)16-12/h2-7H,8H2,1H3,(H2,14,16). The molecule has 0 atom stereocenters. The minimum atomic E-state index is 0.404. The monoisotopic (exact) mass is 248 g/mol. The summed E-state index contributed by atoms with van der Waals surface area (Å²) in [6.45, 7) is 0.731. The molecule has 0 amide bonds. The van der Waals surface area contributed by atoms with Gasteiger partial charge in [-0.05, 0) is 23.8 Å². The van der Waals surface area contributed by atoms with Crippen LogP contribution in [0.2, 0.25) is 5.15 Å². The van der Waals surface area contributed by atoms with Crippen LogP contribution in [0.1, 0.15) is 5.56 Å². The lowest BCUT2D eigenvalue weighted by Gasteiger charge is -2.18. The molecule has 0 aliphatic rings. The largest absolute Gasteiger partial charge is 0.399 e. The van der Waals surface area contributed by atoms with E-state index in [0.29, 0.717) is 10.8 Å². The van der Waals surface area contributed by atoms with Crippen molar-refractivity contribution in [1.82, 2.24) is 9.97 Å². The minimum Gasteiger partial charge on any atom is -0.399 e. The maximum Gasteiger partial charge on any atom is 0.133 e. The highest BCUT2D eigenvalue weighted by Crippen LogP contribution is 2.19. The van der Waals surface area contributed by atoms with Gasteiger partial charge in [-0.1, -0.05) is 11.6 Å². The summed E-state index contributed by atoms with van der Waals surface area (Å²) in [5.41, 5.74) is 7.50. The van der Waals surface area contributed by atoms with E-state index >= 15 is 0 Å². The highest BCUT2D eigenvalue weighted by atomic mass is 35.5. The second-order valence-corrected chi connectivity index (χ2v) is 4.18. The lowest BCUT2D eigenvalue weighted by atomic mass is 10.2. The maximum absolute atomic E-state index is 5.87. The molecule has 17 heavy (non-hydrogen) atoms. The Balaban J connectivity index is 2.17. The van der Waals surface area contributed by atoms with Crippen molar-refractivity contribution in [3.8, 4) is 0 Å². The Bertz CT molecular complexity index is 481. The third kappa shape index (κ3) is 3.07. The number of nitrogen functional groups attached to an aromatic ring is 1. The molecule has 5 heteroatoms. The van der Waals surface area contributed by atoms with Crippen LogP contribution >= 0.6 is 11.6 Å². The van der Waals surface area contributed by atoms with E-state index in [4.69, 9.17) is 17.3 Å². The van der Waals surface area contributed by atoms with Crippen LogP contribution in [0.4, 0.5) is 11.5 Å². The van der Waals surface area contributed by atoms with Crippen molar-refractivity contribution in [3.05, 3.63) is 47.4 Å². The van der Waals surface area contributed by atoms with Crippen LogP contribution in [0.25, 0.3) is 0 Å². The summed E-state index contributed by atoms with van der Waals surface area (Å²) in [7, 11) is 1.94. The zero-order chi connectivity index (χ0) is 12.3. The van der Waals surface area contributed by atoms with Gasteiger partial charge >= 0.3 is 0 Å². The van der Waals surface area contributed by atoms with Gasteiger partial charge in [0.2, 0.25) is 0 Å². The fraction of sp³-hybridized carbons (Fsp3) is 0.167. The van der Waals surface area contributed by atoms with Crippen molar-refractivity contribution < 1.29 is 0 Å². The first-order valence-corrected chi connectivity index (χ1v) is 5.56. The van der Waals surface area contributed by atoms with Crippen LogP contribution < -0.4 is 10.6 Å². The van der Waals surface area contributed by atoms with Crippen molar-refractivity contribution in [2.45, 2.75) is 6.54 Å². The van der Waals surface area contributed by atoms with Crippen molar-refractivity contribution in [1.29, 1.82) is 0 Å². The first-order valence-electron chi connectivity index (χ1n) is 5.18. The Labute approximate surface area is 105 Å². The zero-order valence-corrected chi connectivity index (χ0v) is 10.2. The summed E-state index contributed by atoms with van der Waals surface area (Å²) in [5.74, 6) is 0.756. The van der Waals surface area contributed by atoms with Crippen LogP contribution in [0, 0.1) is 0 Å². The summed E-state index contributed by atoms with van der Waals surface area (Å²) in [6, 6.07) is 7.35. The molecule has 2 aromatic heterocycles. The van der Waals surface area contributed by atoms with Crippen molar-refractivity contribution in [2.75, 3.05) is 17.7 Å². The fourth-order valence-corrected chi connectivity index (χ4v) is 1.75. The molecule has 2 heterocycles. The van der Waals surface area contributed by atoms with E-state index < -0.39 is 0 Å². The van der Waals surface area contributed by atoms with Gasteiger partial charge in [0.15, 0.2) is 0 Å². The third-order valence-corrected chi connectivity index (χ3v) is 2.56. The topological polar surface area (TPSA) is 55.0 Å². The van der Waals surface area contributed by atoms with E-state index in [1.807, 2.05) is 24.1 Å². The minimum absolute atomic E-state index is 0.404. The second-order valence-electron chi connectivity index (χ2n) is 3.79. The van der Waals surface area contributed by atoms with E-state index in [1.165, 1.54) is 0 Å². The average Bonchev–Trinajstić information content (AvgIpc) is 2.29. The number of rotatable bonds is 3. The Morgan fingerprint density at radius 2 is 2.00 bits per heavy atom. The van der Waals surface area contributed by atoms with Gasteiger partial charge in [0.25, 0.3) is 0 Å². The van der Waals surface area contributed by atoms with E-state index in [1.54, 1.807) is 24.5 Å². The number of hydrogen-bond donors (Lipinski definition) is 1. The summed E-state index contributed by atoms with van der Waals surface area (Å²) in [6.07, 6.45) is 3.53. The molecule has 4 nitrogen and oxygen atoms in total. The van der Waals surface area contributed by atoms with Crippen LogP contribution in [0.3, 0.4) is 0 Å². The van der Waals surface area contributed by atoms with Gasteiger partial charge in [0.05, 0.1) is 0 Å². The van der Waals surface area contributed by atoms with E-state index in [-0.39, 0.29) is 0 Å². The number of nitrogens with two attached hydrogens (primary N) is 1. The smallest absolute Gasteiger partial charge is 0.133 e. The van der Waals surface area contributed by atoms with Crippen LogP contribution in [0.15, 0.2) is 36.7 Å². The number of nitrogens with zero attached hydrogens (tertiary/aromatic N) is 3. The van der Waals surface area contributed by atoms with Gasteiger partial charge in [-0.3, -0.25) is 4.98 Å². The molecule has 0 bridgehead atoms. The van der Waals surface area contributed by atoms with Gasteiger partial charge in [0, 0.05) is 37.7 Å².